The molecule has 0 N–H and O–H groups in total. The molecule has 1 aromatic carbocycles. The maximum atomic E-state index is 12.1. The van der Waals surface area contributed by atoms with Gasteiger partial charge in [0.05, 0.1) is 11.2 Å². The number of hydrogen-bond acceptors (Lipinski definition) is 3. The van der Waals surface area contributed by atoms with Crippen LogP contribution in [0.2, 0.25) is 0 Å². The number of benzene rings is 1. The summed E-state index contributed by atoms with van der Waals surface area (Å²) in [4.78, 5) is 12.1. The van der Waals surface area contributed by atoms with Crippen LogP contribution in [0.5, 0.6) is 5.75 Å². The Balaban J connectivity index is 2.18. The van der Waals surface area contributed by atoms with Crippen LogP contribution < -0.4 is 4.74 Å². The average Bonchev–Trinajstić information content (AvgIpc) is 2.30. The monoisotopic (exact) mass is 312 g/mol. The summed E-state index contributed by atoms with van der Waals surface area (Å²) >= 11 is 3.37. The molecule has 1 aromatic rings. The molecule has 1 aliphatic rings. The van der Waals surface area contributed by atoms with Crippen LogP contribution in [0.1, 0.15) is 37.0 Å². The van der Waals surface area contributed by atoms with Crippen molar-refractivity contribution in [1.29, 1.82) is 0 Å². The Morgan fingerprint density at radius 1 is 1.50 bits per heavy atom. The number of hydrogen-bond donors (Lipinski definition) is 0. The van der Waals surface area contributed by atoms with Gasteiger partial charge in [-0.3, -0.25) is 4.79 Å². The van der Waals surface area contributed by atoms with E-state index in [0.717, 1.165) is 4.47 Å². The SMILES string of the molecule is COC(C)(C)CC1CC(=O)c2cc(Br)ccc2O1. The lowest BCUT2D eigenvalue weighted by Crippen LogP contribution is -2.35. The van der Waals surface area contributed by atoms with Gasteiger partial charge in [-0.05, 0) is 32.0 Å². The van der Waals surface area contributed by atoms with Crippen LogP contribution in [0.4, 0.5) is 0 Å². The third-order valence-corrected chi connectivity index (χ3v) is 3.71. The fourth-order valence-electron chi connectivity index (χ4n) is 2.11. The topological polar surface area (TPSA) is 35.5 Å². The van der Waals surface area contributed by atoms with E-state index in [2.05, 4.69) is 15.9 Å². The van der Waals surface area contributed by atoms with Gasteiger partial charge in [0.2, 0.25) is 0 Å². The summed E-state index contributed by atoms with van der Waals surface area (Å²) in [5.74, 6) is 0.806. The fourth-order valence-corrected chi connectivity index (χ4v) is 2.47. The molecule has 0 saturated heterocycles. The molecule has 1 atom stereocenters. The molecule has 0 aliphatic carbocycles. The standard InChI is InChI=1S/C14H17BrO3/c1-14(2,17-3)8-10-7-12(16)11-6-9(15)4-5-13(11)18-10/h4-6,10H,7-8H2,1-3H3. The highest BCUT2D eigenvalue weighted by molar-refractivity contribution is 9.10. The maximum Gasteiger partial charge on any atom is 0.170 e. The van der Waals surface area contributed by atoms with Crippen molar-refractivity contribution in [1.82, 2.24) is 0 Å². The molecule has 2 rings (SSSR count). The highest BCUT2D eigenvalue weighted by Crippen LogP contribution is 2.33. The first-order valence-electron chi connectivity index (χ1n) is 5.96. The molecule has 0 bridgehead atoms. The van der Waals surface area contributed by atoms with E-state index in [1.807, 2.05) is 32.0 Å². The largest absolute Gasteiger partial charge is 0.489 e. The van der Waals surface area contributed by atoms with Crippen molar-refractivity contribution in [2.45, 2.75) is 38.4 Å². The average molecular weight is 313 g/mol. The number of halogens is 1. The van der Waals surface area contributed by atoms with Crippen molar-refractivity contribution in [2.24, 2.45) is 0 Å². The molecular weight excluding hydrogens is 296 g/mol. The van der Waals surface area contributed by atoms with Gasteiger partial charge in [0.15, 0.2) is 5.78 Å². The van der Waals surface area contributed by atoms with Crippen molar-refractivity contribution in [2.75, 3.05) is 7.11 Å². The maximum absolute atomic E-state index is 12.1. The Bertz CT molecular complexity index is 468. The van der Waals surface area contributed by atoms with Crippen LogP contribution in [-0.4, -0.2) is 24.6 Å². The molecule has 18 heavy (non-hydrogen) atoms. The van der Waals surface area contributed by atoms with Crippen LogP contribution >= 0.6 is 15.9 Å². The third-order valence-electron chi connectivity index (χ3n) is 3.22. The zero-order valence-corrected chi connectivity index (χ0v) is 12.4. The first kappa shape index (κ1) is 13.6. The smallest absolute Gasteiger partial charge is 0.170 e. The lowest BCUT2D eigenvalue weighted by atomic mass is 9.93. The lowest BCUT2D eigenvalue weighted by Gasteiger charge is -2.31. The molecule has 0 spiro atoms. The van der Waals surface area contributed by atoms with Crippen molar-refractivity contribution >= 4 is 21.7 Å². The molecule has 0 fully saturated rings. The zero-order chi connectivity index (χ0) is 13.3. The minimum absolute atomic E-state index is 0.110. The fraction of sp³-hybridized carbons (Fsp3) is 0.500. The van der Waals surface area contributed by atoms with Gasteiger partial charge in [-0.25, -0.2) is 0 Å². The summed E-state index contributed by atoms with van der Waals surface area (Å²) in [5, 5.41) is 0. The predicted octanol–water partition coefficient (Wildman–Crippen LogP) is 3.60. The highest BCUT2D eigenvalue weighted by Gasteiger charge is 2.31. The van der Waals surface area contributed by atoms with Crippen molar-refractivity contribution < 1.29 is 14.3 Å². The van der Waals surface area contributed by atoms with Gasteiger partial charge in [0, 0.05) is 24.4 Å². The van der Waals surface area contributed by atoms with Crippen LogP contribution in [0.25, 0.3) is 0 Å². The number of rotatable bonds is 3. The summed E-state index contributed by atoms with van der Waals surface area (Å²) in [6.07, 6.45) is 1.00. The van der Waals surface area contributed by atoms with Crippen molar-refractivity contribution in [3.8, 4) is 5.75 Å². The summed E-state index contributed by atoms with van der Waals surface area (Å²) in [7, 11) is 1.68. The Morgan fingerprint density at radius 2 is 2.22 bits per heavy atom. The number of carbonyl (C=O) groups excluding carboxylic acids is 1. The van der Waals surface area contributed by atoms with Crippen LogP contribution in [0, 0.1) is 0 Å². The second-order valence-electron chi connectivity index (χ2n) is 5.18. The van der Waals surface area contributed by atoms with Crippen molar-refractivity contribution in [3.05, 3.63) is 28.2 Å². The minimum atomic E-state index is -0.280. The van der Waals surface area contributed by atoms with E-state index < -0.39 is 0 Å². The molecule has 98 valence electrons. The summed E-state index contributed by atoms with van der Waals surface area (Å²) < 4.78 is 12.2. The van der Waals surface area contributed by atoms with Gasteiger partial charge in [-0.1, -0.05) is 15.9 Å². The predicted molar refractivity (Wildman–Crippen MR) is 73.2 cm³/mol. The van der Waals surface area contributed by atoms with Gasteiger partial charge in [0.1, 0.15) is 11.9 Å². The van der Waals surface area contributed by atoms with E-state index in [4.69, 9.17) is 9.47 Å². The van der Waals surface area contributed by atoms with Gasteiger partial charge in [0.25, 0.3) is 0 Å². The molecular formula is C14H17BrO3. The quantitative estimate of drug-likeness (QED) is 0.855. The molecule has 0 aromatic heterocycles. The normalized spacial score (nSPS) is 19.3. The number of Topliss-reactive ketones (excluding diaryl/α,β-unsaturated/α-hetero) is 1. The Morgan fingerprint density at radius 3 is 2.89 bits per heavy atom. The van der Waals surface area contributed by atoms with Gasteiger partial charge in [-0.2, -0.15) is 0 Å². The zero-order valence-electron chi connectivity index (χ0n) is 10.8. The minimum Gasteiger partial charge on any atom is -0.489 e. The second-order valence-corrected chi connectivity index (χ2v) is 6.09. The Kier molecular flexibility index (Phi) is 3.78. The second kappa shape index (κ2) is 5.02. The Hall–Kier alpha value is -0.870. The third kappa shape index (κ3) is 2.93. The van der Waals surface area contributed by atoms with Gasteiger partial charge >= 0.3 is 0 Å². The molecule has 0 saturated carbocycles. The number of fused-ring (bicyclic) bond motifs is 1. The number of methoxy groups -OCH3 is 1. The Labute approximate surface area is 116 Å². The summed E-state index contributed by atoms with van der Waals surface area (Å²) in [6.45, 7) is 4.00. The molecule has 1 unspecified atom stereocenters. The van der Waals surface area contributed by atoms with Crippen molar-refractivity contribution in [3.63, 3.8) is 0 Å². The van der Waals surface area contributed by atoms with E-state index in [-0.39, 0.29) is 17.5 Å². The van der Waals surface area contributed by atoms with Crippen LogP contribution in [-0.2, 0) is 4.74 Å². The molecule has 0 amide bonds. The summed E-state index contributed by atoms with van der Waals surface area (Å²) in [5.41, 5.74) is 0.383. The van der Waals surface area contributed by atoms with E-state index >= 15 is 0 Å². The van der Waals surface area contributed by atoms with E-state index in [1.165, 1.54) is 0 Å². The first-order valence-corrected chi connectivity index (χ1v) is 6.75. The molecule has 0 radical (unpaired) electrons. The van der Waals surface area contributed by atoms with Gasteiger partial charge in [-0.15, -0.1) is 0 Å². The van der Waals surface area contributed by atoms with Gasteiger partial charge < -0.3 is 9.47 Å². The van der Waals surface area contributed by atoms with Crippen LogP contribution in [0.15, 0.2) is 22.7 Å². The van der Waals surface area contributed by atoms with E-state index in [1.54, 1.807) is 7.11 Å². The number of carbonyl (C=O) groups is 1. The molecule has 3 nitrogen and oxygen atoms in total. The molecule has 1 aliphatic heterocycles. The molecule has 4 heteroatoms. The van der Waals surface area contributed by atoms with E-state index in [0.29, 0.717) is 24.2 Å². The van der Waals surface area contributed by atoms with Crippen LogP contribution in [0.3, 0.4) is 0 Å². The molecule has 1 heterocycles. The highest BCUT2D eigenvalue weighted by atomic mass is 79.9. The number of ether oxygens (including phenoxy) is 2. The number of ketones is 1. The summed E-state index contributed by atoms with van der Waals surface area (Å²) in [6, 6.07) is 5.54. The van der Waals surface area contributed by atoms with E-state index in [9.17, 15) is 4.79 Å². The first-order chi connectivity index (χ1) is 8.41. The lowest BCUT2D eigenvalue weighted by molar-refractivity contribution is -0.0157.